The van der Waals surface area contributed by atoms with Crippen molar-refractivity contribution < 1.29 is 22.7 Å². The molecule has 0 saturated heterocycles. The molecule has 2 rings (SSSR count). The monoisotopic (exact) mass is 393 g/mol. The van der Waals surface area contributed by atoms with Gasteiger partial charge in [-0.25, -0.2) is 17.6 Å². The molecule has 2 aromatic rings. The second-order valence-electron chi connectivity index (χ2n) is 4.11. The van der Waals surface area contributed by atoms with Crippen molar-refractivity contribution >= 4 is 48.9 Å². The normalized spacial score (nSPS) is 11.4. The Hall–Kier alpha value is -1.45. The molecule has 0 fully saturated rings. The largest absolute Gasteiger partial charge is 0.477 e. The van der Waals surface area contributed by atoms with Gasteiger partial charge in [0.15, 0.2) is 0 Å². The van der Waals surface area contributed by atoms with Gasteiger partial charge in [0.05, 0.1) is 5.69 Å². The van der Waals surface area contributed by atoms with Gasteiger partial charge in [0.25, 0.3) is 10.0 Å². The quantitative estimate of drug-likeness (QED) is 0.832. The van der Waals surface area contributed by atoms with Crippen LogP contribution in [0, 0.1) is 12.7 Å². The Bertz CT molecular complexity index is 817. The molecule has 0 saturated carbocycles. The number of rotatable bonds is 4. The SMILES string of the molecule is Cc1cc(S(=O)(=O)Nc2ccc(F)cc2Br)sc1C(=O)O. The summed E-state index contributed by atoms with van der Waals surface area (Å²) >= 11 is 3.72. The molecule has 2 N–H and O–H groups in total. The minimum atomic E-state index is -3.93. The number of sulfonamides is 1. The number of benzene rings is 1. The molecule has 0 amide bonds. The van der Waals surface area contributed by atoms with Crippen LogP contribution in [0.4, 0.5) is 10.1 Å². The minimum absolute atomic E-state index is 0.0338. The zero-order chi connectivity index (χ0) is 15.8. The van der Waals surface area contributed by atoms with Crippen molar-refractivity contribution in [3.8, 4) is 0 Å². The standard InChI is InChI=1S/C12H9BrFNO4S2/c1-6-4-10(20-11(6)12(16)17)21(18,19)15-9-3-2-7(14)5-8(9)13/h2-5,15H,1H3,(H,16,17). The van der Waals surface area contributed by atoms with Gasteiger partial charge in [-0.05, 0) is 52.7 Å². The lowest BCUT2D eigenvalue weighted by Crippen LogP contribution is -2.12. The van der Waals surface area contributed by atoms with E-state index < -0.39 is 21.8 Å². The molecule has 0 aliphatic rings. The van der Waals surface area contributed by atoms with Gasteiger partial charge in [0.1, 0.15) is 14.9 Å². The first-order valence-corrected chi connectivity index (χ1v) is 8.61. The van der Waals surface area contributed by atoms with E-state index in [1.807, 2.05) is 0 Å². The fourth-order valence-corrected chi connectivity index (χ4v) is 4.60. The van der Waals surface area contributed by atoms with E-state index in [0.717, 1.165) is 12.1 Å². The zero-order valence-electron chi connectivity index (χ0n) is 10.6. The number of carboxylic acids is 1. The van der Waals surface area contributed by atoms with Gasteiger partial charge >= 0.3 is 5.97 Å². The van der Waals surface area contributed by atoms with E-state index in [2.05, 4.69) is 20.7 Å². The van der Waals surface area contributed by atoms with Crippen LogP contribution in [-0.4, -0.2) is 19.5 Å². The van der Waals surface area contributed by atoms with Crippen molar-refractivity contribution in [1.82, 2.24) is 0 Å². The van der Waals surface area contributed by atoms with Gasteiger partial charge in [-0.1, -0.05) is 0 Å². The first-order chi connectivity index (χ1) is 9.70. The molecule has 21 heavy (non-hydrogen) atoms. The van der Waals surface area contributed by atoms with Crippen LogP contribution in [0.2, 0.25) is 0 Å². The maximum Gasteiger partial charge on any atom is 0.346 e. The molecule has 1 aromatic carbocycles. The number of thiophene rings is 1. The molecule has 0 radical (unpaired) electrons. The highest BCUT2D eigenvalue weighted by atomic mass is 79.9. The highest BCUT2D eigenvalue weighted by molar-refractivity contribution is 9.10. The Morgan fingerprint density at radius 3 is 2.57 bits per heavy atom. The van der Waals surface area contributed by atoms with Crippen molar-refractivity contribution in [1.29, 1.82) is 0 Å². The van der Waals surface area contributed by atoms with Gasteiger partial charge < -0.3 is 5.11 Å². The molecule has 0 aliphatic carbocycles. The maximum absolute atomic E-state index is 13.0. The number of hydrogen-bond donors (Lipinski definition) is 2. The van der Waals surface area contributed by atoms with Gasteiger partial charge in [-0.3, -0.25) is 4.72 Å². The predicted octanol–water partition coefficient (Wildman–Crippen LogP) is 3.46. The van der Waals surface area contributed by atoms with Crippen LogP contribution in [0.15, 0.2) is 32.9 Å². The zero-order valence-corrected chi connectivity index (χ0v) is 13.8. The molecular weight excluding hydrogens is 385 g/mol. The van der Waals surface area contributed by atoms with Crippen LogP contribution in [0.3, 0.4) is 0 Å². The third-order valence-electron chi connectivity index (χ3n) is 2.53. The number of halogens is 2. The first kappa shape index (κ1) is 15.9. The average Bonchev–Trinajstić information content (AvgIpc) is 2.76. The Morgan fingerprint density at radius 1 is 1.38 bits per heavy atom. The molecular formula is C12H9BrFNO4S2. The lowest BCUT2D eigenvalue weighted by Gasteiger charge is -2.08. The van der Waals surface area contributed by atoms with Crippen LogP contribution in [0.1, 0.15) is 15.2 Å². The smallest absolute Gasteiger partial charge is 0.346 e. The second-order valence-corrected chi connectivity index (χ2v) is 7.93. The molecule has 0 unspecified atom stereocenters. The van der Waals surface area contributed by atoms with Crippen LogP contribution < -0.4 is 4.72 Å². The van der Waals surface area contributed by atoms with Gasteiger partial charge in [-0.2, -0.15) is 0 Å². The Morgan fingerprint density at radius 2 is 2.05 bits per heavy atom. The predicted molar refractivity (Wildman–Crippen MR) is 80.9 cm³/mol. The van der Waals surface area contributed by atoms with Crippen LogP contribution in [0.5, 0.6) is 0 Å². The molecule has 112 valence electrons. The summed E-state index contributed by atoms with van der Waals surface area (Å²) < 4.78 is 39.8. The van der Waals surface area contributed by atoms with Crippen LogP contribution >= 0.6 is 27.3 Å². The van der Waals surface area contributed by atoms with E-state index in [1.165, 1.54) is 19.1 Å². The second kappa shape index (κ2) is 5.74. The summed E-state index contributed by atoms with van der Waals surface area (Å²) in [6.45, 7) is 1.52. The summed E-state index contributed by atoms with van der Waals surface area (Å²) in [5.74, 6) is -1.69. The maximum atomic E-state index is 13.0. The Balaban J connectivity index is 2.38. The molecule has 0 spiro atoms. The first-order valence-electron chi connectivity index (χ1n) is 5.52. The van der Waals surface area contributed by atoms with Crippen LogP contribution in [-0.2, 0) is 10.0 Å². The van der Waals surface area contributed by atoms with E-state index in [9.17, 15) is 17.6 Å². The summed E-state index contributed by atoms with van der Waals surface area (Å²) in [7, 11) is -3.93. The van der Waals surface area contributed by atoms with Gasteiger partial charge in [0.2, 0.25) is 0 Å². The van der Waals surface area contributed by atoms with Gasteiger partial charge in [0, 0.05) is 4.47 Å². The number of carboxylic acid groups (broad SMARTS) is 1. The third kappa shape index (κ3) is 3.42. The summed E-state index contributed by atoms with van der Waals surface area (Å²) in [4.78, 5) is 10.9. The Kier molecular flexibility index (Phi) is 4.35. The molecule has 1 heterocycles. The topological polar surface area (TPSA) is 83.5 Å². The summed E-state index contributed by atoms with van der Waals surface area (Å²) in [6, 6.07) is 4.80. The molecule has 0 aliphatic heterocycles. The molecule has 1 aromatic heterocycles. The third-order valence-corrected chi connectivity index (χ3v) is 6.25. The molecule has 0 atom stereocenters. The van der Waals surface area contributed by atoms with Crippen molar-refractivity contribution in [3.63, 3.8) is 0 Å². The highest BCUT2D eigenvalue weighted by Crippen LogP contribution is 2.30. The lowest BCUT2D eigenvalue weighted by molar-refractivity contribution is 0.0701. The summed E-state index contributed by atoms with van der Waals surface area (Å²) in [5.41, 5.74) is 0.533. The number of hydrogen-bond acceptors (Lipinski definition) is 4. The van der Waals surface area contributed by atoms with E-state index in [4.69, 9.17) is 5.11 Å². The van der Waals surface area contributed by atoms with Crippen molar-refractivity contribution in [2.75, 3.05) is 4.72 Å². The van der Waals surface area contributed by atoms with Crippen molar-refractivity contribution in [2.45, 2.75) is 11.1 Å². The minimum Gasteiger partial charge on any atom is -0.477 e. The average molecular weight is 394 g/mol. The van der Waals surface area contributed by atoms with E-state index in [0.29, 0.717) is 16.9 Å². The van der Waals surface area contributed by atoms with E-state index in [-0.39, 0.29) is 19.2 Å². The number of aryl methyl sites for hydroxylation is 1. The summed E-state index contributed by atoms with van der Waals surface area (Å²) in [6.07, 6.45) is 0. The Labute approximate surface area is 132 Å². The lowest BCUT2D eigenvalue weighted by atomic mass is 10.3. The summed E-state index contributed by atoms with van der Waals surface area (Å²) in [5, 5.41) is 8.96. The van der Waals surface area contributed by atoms with Crippen molar-refractivity contribution in [2.24, 2.45) is 0 Å². The van der Waals surface area contributed by atoms with Gasteiger partial charge in [-0.15, -0.1) is 11.3 Å². The number of carbonyl (C=O) groups is 1. The van der Waals surface area contributed by atoms with E-state index in [1.54, 1.807) is 0 Å². The number of anilines is 1. The number of nitrogens with one attached hydrogen (secondary N) is 1. The fourth-order valence-electron chi connectivity index (χ4n) is 1.56. The number of aromatic carboxylic acids is 1. The molecule has 9 heteroatoms. The molecule has 5 nitrogen and oxygen atoms in total. The van der Waals surface area contributed by atoms with Crippen molar-refractivity contribution in [3.05, 3.63) is 45.0 Å². The van der Waals surface area contributed by atoms with Crippen LogP contribution in [0.25, 0.3) is 0 Å². The fraction of sp³-hybridized carbons (Fsp3) is 0.0833. The highest BCUT2D eigenvalue weighted by Gasteiger charge is 2.22. The molecule has 0 bridgehead atoms. The van der Waals surface area contributed by atoms with E-state index >= 15 is 0 Å².